The molecule has 0 aliphatic heterocycles. The number of nitrogens with zero attached hydrogens (tertiary/aromatic N) is 2. The molecule has 7 heteroatoms. The number of furan rings is 2. The molecule has 7 nitrogen and oxygen atoms in total. The normalized spacial score (nSPS) is 10.9. The number of carbonyl (C=O) groups is 2. The van der Waals surface area contributed by atoms with Gasteiger partial charge in [-0.25, -0.2) is 9.78 Å². The van der Waals surface area contributed by atoms with Gasteiger partial charge >= 0.3 is 5.97 Å². The van der Waals surface area contributed by atoms with E-state index in [1.807, 2.05) is 37.3 Å². The second-order valence-corrected chi connectivity index (χ2v) is 6.89. The van der Waals surface area contributed by atoms with E-state index in [1.165, 1.54) is 4.90 Å². The van der Waals surface area contributed by atoms with Gasteiger partial charge in [0.05, 0.1) is 23.9 Å². The molecule has 0 spiro atoms. The Morgan fingerprint density at radius 1 is 1.10 bits per heavy atom. The summed E-state index contributed by atoms with van der Waals surface area (Å²) in [5, 5.41) is 0.643. The van der Waals surface area contributed by atoms with Gasteiger partial charge < -0.3 is 18.5 Å². The first-order chi connectivity index (χ1) is 14.5. The highest BCUT2D eigenvalue weighted by molar-refractivity contribution is 6.05. The molecule has 30 heavy (non-hydrogen) atoms. The van der Waals surface area contributed by atoms with Crippen LogP contribution in [0.1, 0.15) is 21.9 Å². The predicted octanol–water partition coefficient (Wildman–Crippen LogP) is 4.21. The number of pyridine rings is 1. The summed E-state index contributed by atoms with van der Waals surface area (Å²) in [6.45, 7) is 1.76. The van der Waals surface area contributed by atoms with Crippen LogP contribution in [0.25, 0.3) is 22.4 Å². The Hall–Kier alpha value is -3.87. The van der Waals surface area contributed by atoms with Crippen molar-refractivity contribution in [2.24, 2.45) is 0 Å². The van der Waals surface area contributed by atoms with Gasteiger partial charge in [0.15, 0.2) is 12.4 Å². The molecule has 0 atom stereocenters. The van der Waals surface area contributed by atoms with Crippen LogP contribution in [-0.2, 0) is 16.1 Å². The van der Waals surface area contributed by atoms with Crippen LogP contribution in [-0.4, -0.2) is 35.4 Å². The van der Waals surface area contributed by atoms with Gasteiger partial charge in [0.2, 0.25) is 0 Å². The van der Waals surface area contributed by atoms with Crippen LogP contribution in [0, 0.1) is 6.92 Å². The molecule has 0 fully saturated rings. The van der Waals surface area contributed by atoms with Crippen LogP contribution in [0.15, 0.2) is 69.7 Å². The standard InChI is InChI=1S/C23H20N2O5/c1-15-9-10-16(30-15)13-25(2)22(26)14-29-23(27)18-12-20(21-8-5-11-28-21)24-19-7-4-3-6-17(18)19/h3-12H,13-14H2,1-2H3. The Bertz CT molecular complexity index is 1190. The van der Waals surface area contributed by atoms with E-state index < -0.39 is 5.97 Å². The number of para-hydroxylation sites is 1. The third-order valence-electron chi connectivity index (χ3n) is 4.65. The molecule has 4 aromatic rings. The van der Waals surface area contributed by atoms with Crippen molar-refractivity contribution < 1.29 is 23.2 Å². The van der Waals surface area contributed by atoms with E-state index >= 15 is 0 Å². The minimum Gasteiger partial charge on any atom is -0.464 e. The molecular formula is C23H20N2O5. The number of carbonyl (C=O) groups excluding carboxylic acids is 2. The summed E-state index contributed by atoms with van der Waals surface area (Å²) in [5.41, 5.74) is 1.47. The van der Waals surface area contributed by atoms with Crippen molar-refractivity contribution in [2.45, 2.75) is 13.5 Å². The van der Waals surface area contributed by atoms with Crippen molar-refractivity contribution in [1.82, 2.24) is 9.88 Å². The zero-order valence-electron chi connectivity index (χ0n) is 16.6. The van der Waals surface area contributed by atoms with Crippen molar-refractivity contribution in [3.8, 4) is 11.5 Å². The Kier molecular flexibility index (Phi) is 5.34. The summed E-state index contributed by atoms with van der Waals surface area (Å²) in [4.78, 5) is 31.2. The summed E-state index contributed by atoms with van der Waals surface area (Å²) >= 11 is 0. The molecule has 0 saturated carbocycles. The molecule has 3 heterocycles. The van der Waals surface area contributed by atoms with Crippen molar-refractivity contribution in [1.29, 1.82) is 0 Å². The Morgan fingerprint density at radius 3 is 2.67 bits per heavy atom. The number of ether oxygens (including phenoxy) is 1. The number of hydrogen-bond donors (Lipinski definition) is 0. The lowest BCUT2D eigenvalue weighted by atomic mass is 10.1. The SMILES string of the molecule is Cc1ccc(CN(C)C(=O)COC(=O)c2cc(-c3ccco3)nc3ccccc23)o1. The lowest BCUT2D eigenvalue weighted by Crippen LogP contribution is -2.30. The number of likely N-dealkylation sites (N-methyl/N-ethyl adjacent to an activating group) is 1. The lowest BCUT2D eigenvalue weighted by Gasteiger charge is -2.16. The molecule has 1 aromatic carbocycles. The molecule has 0 N–H and O–H groups in total. The zero-order valence-corrected chi connectivity index (χ0v) is 16.6. The van der Waals surface area contributed by atoms with E-state index in [2.05, 4.69) is 4.98 Å². The molecule has 0 aliphatic carbocycles. The summed E-state index contributed by atoms with van der Waals surface area (Å²) < 4.78 is 16.2. The number of aryl methyl sites for hydroxylation is 1. The summed E-state index contributed by atoms with van der Waals surface area (Å²) in [6, 6.07) is 16.0. The van der Waals surface area contributed by atoms with Crippen molar-refractivity contribution in [2.75, 3.05) is 13.7 Å². The monoisotopic (exact) mass is 404 g/mol. The molecular weight excluding hydrogens is 384 g/mol. The quantitative estimate of drug-likeness (QED) is 0.448. The first-order valence-electron chi connectivity index (χ1n) is 9.41. The molecule has 0 bridgehead atoms. The van der Waals surface area contributed by atoms with Crippen LogP contribution in [0.3, 0.4) is 0 Å². The van der Waals surface area contributed by atoms with Crippen molar-refractivity contribution in [3.63, 3.8) is 0 Å². The number of fused-ring (bicyclic) bond motifs is 1. The van der Waals surface area contributed by atoms with Gasteiger partial charge in [-0.05, 0) is 43.3 Å². The van der Waals surface area contributed by atoms with Crippen LogP contribution < -0.4 is 0 Å². The highest BCUT2D eigenvalue weighted by atomic mass is 16.5. The number of benzene rings is 1. The van der Waals surface area contributed by atoms with Crippen LogP contribution in [0.2, 0.25) is 0 Å². The van der Waals surface area contributed by atoms with Crippen LogP contribution >= 0.6 is 0 Å². The largest absolute Gasteiger partial charge is 0.464 e. The van der Waals surface area contributed by atoms with Gasteiger partial charge in [0.1, 0.15) is 17.2 Å². The number of amides is 1. The number of hydrogen-bond acceptors (Lipinski definition) is 6. The summed E-state index contributed by atoms with van der Waals surface area (Å²) in [6.07, 6.45) is 1.54. The minimum atomic E-state index is -0.600. The average molecular weight is 404 g/mol. The second kappa shape index (κ2) is 8.24. The maximum atomic E-state index is 12.8. The van der Waals surface area contributed by atoms with Gasteiger partial charge in [-0.2, -0.15) is 0 Å². The smallest absolute Gasteiger partial charge is 0.339 e. The topological polar surface area (TPSA) is 85.8 Å². The van der Waals surface area contributed by atoms with Crippen molar-refractivity contribution >= 4 is 22.8 Å². The van der Waals surface area contributed by atoms with Gasteiger partial charge in [-0.15, -0.1) is 0 Å². The minimum absolute atomic E-state index is 0.297. The van der Waals surface area contributed by atoms with Gasteiger partial charge in [0.25, 0.3) is 5.91 Å². The molecule has 0 saturated heterocycles. The average Bonchev–Trinajstić information content (AvgIpc) is 3.43. The predicted molar refractivity (Wildman–Crippen MR) is 110 cm³/mol. The lowest BCUT2D eigenvalue weighted by molar-refractivity contribution is -0.133. The number of aromatic nitrogens is 1. The number of rotatable bonds is 6. The highest BCUT2D eigenvalue weighted by Gasteiger charge is 2.19. The molecule has 4 rings (SSSR count). The molecule has 0 unspecified atom stereocenters. The molecule has 0 radical (unpaired) electrons. The van der Waals surface area contributed by atoms with Gasteiger partial charge in [-0.1, -0.05) is 18.2 Å². The molecule has 3 aromatic heterocycles. The van der Waals surface area contributed by atoms with E-state index in [4.69, 9.17) is 13.6 Å². The summed E-state index contributed by atoms with van der Waals surface area (Å²) in [7, 11) is 1.63. The van der Waals surface area contributed by atoms with E-state index in [-0.39, 0.29) is 12.5 Å². The Morgan fingerprint density at radius 2 is 1.93 bits per heavy atom. The summed E-state index contributed by atoms with van der Waals surface area (Å²) in [5.74, 6) is 1.05. The third kappa shape index (κ3) is 4.10. The van der Waals surface area contributed by atoms with E-state index in [9.17, 15) is 9.59 Å². The molecule has 0 aliphatic rings. The van der Waals surface area contributed by atoms with Gasteiger partial charge in [0, 0.05) is 12.4 Å². The molecule has 1 amide bonds. The zero-order chi connectivity index (χ0) is 21.1. The fraction of sp³-hybridized carbons (Fsp3) is 0.174. The fourth-order valence-corrected chi connectivity index (χ4v) is 3.10. The molecule has 152 valence electrons. The first kappa shape index (κ1) is 19.4. The second-order valence-electron chi connectivity index (χ2n) is 6.89. The maximum absolute atomic E-state index is 12.8. The fourth-order valence-electron chi connectivity index (χ4n) is 3.10. The van der Waals surface area contributed by atoms with Crippen LogP contribution in [0.5, 0.6) is 0 Å². The number of esters is 1. The van der Waals surface area contributed by atoms with E-state index in [1.54, 1.807) is 37.6 Å². The van der Waals surface area contributed by atoms with Crippen LogP contribution in [0.4, 0.5) is 0 Å². The first-order valence-corrected chi connectivity index (χ1v) is 9.41. The third-order valence-corrected chi connectivity index (χ3v) is 4.65. The van der Waals surface area contributed by atoms with E-state index in [0.29, 0.717) is 40.2 Å². The van der Waals surface area contributed by atoms with E-state index in [0.717, 1.165) is 5.76 Å². The van der Waals surface area contributed by atoms with Gasteiger partial charge in [-0.3, -0.25) is 4.79 Å². The Balaban J connectivity index is 1.50. The highest BCUT2D eigenvalue weighted by Crippen LogP contribution is 2.25. The Labute approximate surface area is 172 Å². The maximum Gasteiger partial charge on any atom is 0.339 e. The van der Waals surface area contributed by atoms with Crippen molar-refractivity contribution in [3.05, 3.63) is 77.9 Å².